The van der Waals surface area contributed by atoms with Crippen molar-refractivity contribution in [3.05, 3.63) is 35.4 Å². The van der Waals surface area contributed by atoms with E-state index < -0.39 is 11.6 Å². The van der Waals surface area contributed by atoms with Crippen molar-refractivity contribution in [1.29, 1.82) is 0 Å². The number of benzene rings is 1. The summed E-state index contributed by atoms with van der Waals surface area (Å²) in [5.41, 5.74) is 0.143. The zero-order valence-corrected chi connectivity index (χ0v) is 10.0. The second-order valence-electron chi connectivity index (χ2n) is 4.47. The lowest BCUT2D eigenvalue weighted by Crippen LogP contribution is -2.28. The van der Waals surface area contributed by atoms with Gasteiger partial charge in [0, 0.05) is 18.2 Å². The van der Waals surface area contributed by atoms with Crippen molar-refractivity contribution >= 4 is 5.91 Å². The molecule has 98 valence electrons. The molecule has 0 saturated heterocycles. The van der Waals surface area contributed by atoms with Crippen LogP contribution in [0.3, 0.4) is 0 Å². The summed E-state index contributed by atoms with van der Waals surface area (Å²) in [4.78, 5) is 11.6. The van der Waals surface area contributed by atoms with Crippen LogP contribution in [-0.2, 0) is 0 Å². The molecule has 0 unspecified atom stereocenters. The molecule has 18 heavy (non-hydrogen) atoms. The average Bonchev–Trinajstić information content (AvgIpc) is 3.16. The van der Waals surface area contributed by atoms with Gasteiger partial charge in [-0.15, -0.1) is 0 Å². The lowest BCUT2D eigenvalue weighted by Gasteiger charge is -2.06. The standard InChI is InChI=1S/C13H16F2N2O/c14-11-5-2-9(8-12(11)15)13(18)17-7-1-6-16-10-3-4-10/h2,5,8,10,16H,1,3-4,6-7H2,(H,17,18). The molecule has 0 spiro atoms. The molecule has 0 atom stereocenters. The third-order valence-electron chi connectivity index (χ3n) is 2.83. The summed E-state index contributed by atoms with van der Waals surface area (Å²) < 4.78 is 25.6. The molecule has 0 aliphatic heterocycles. The molecule has 5 heteroatoms. The van der Waals surface area contributed by atoms with Crippen molar-refractivity contribution in [1.82, 2.24) is 10.6 Å². The van der Waals surface area contributed by atoms with Gasteiger partial charge in [0.2, 0.25) is 0 Å². The van der Waals surface area contributed by atoms with Gasteiger partial charge in [0.25, 0.3) is 5.91 Å². The minimum atomic E-state index is -1.00. The number of amides is 1. The molecule has 1 aliphatic carbocycles. The topological polar surface area (TPSA) is 41.1 Å². The van der Waals surface area contributed by atoms with Crippen LogP contribution in [0.5, 0.6) is 0 Å². The highest BCUT2D eigenvalue weighted by molar-refractivity contribution is 5.94. The van der Waals surface area contributed by atoms with E-state index >= 15 is 0 Å². The van der Waals surface area contributed by atoms with Crippen molar-refractivity contribution in [3.63, 3.8) is 0 Å². The molecule has 1 fully saturated rings. The van der Waals surface area contributed by atoms with Gasteiger partial charge in [-0.05, 0) is 44.0 Å². The first kappa shape index (κ1) is 13.0. The van der Waals surface area contributed by atoms with Crippen molar-refractivity contribution < 1.29 is 13.6 Å². The summed E-state index contributed by atoms with van der Waals surface area (Å²) in [6.07, 6.45) is 3.30. The van der Waals surface area contributed by atoms with Crippen LogP contribution in [0.1, 0.15) is 29.6 Å². The summed E-state index contributed by atoms with van der Waals surface area (Å²) in [5, 5.41) is 6.00. The van der Waals surface area contributed by atoms with Crippen LogP contribution in [0.2, 0.25) is 0 Å². The number of rotatable bonds is 6. The van der Waals surface area contributed by atoms with Gasteiger partial charge in [-0.2, -0.15) is 0 Å². The van der Waals surface area contributed by atoms with Crippen LogP contribution < -0.4 is 10.6 Å². The number of nitrogens with one attached hydrogen (secondary N) is 2. The predicted molar refractivity (Wildman–Crippen MR) is 64.3 cm³/mol. The van der Waals surface area contributed by atoms with Crippen LogP contribution >= 0.6 is 0 Å². The zero-order chi connectivity index (χ0) is 13.0. The number of hydrogen-bond acceptors (Lipinski definition) is 2. The van der Waals surface area contributed by atoms with Crippen molar-refractivity contribution in [2.75, 3.05) is 13.1 Å². The van der Waals surface area contributed by atoms with E-state index in [1.807, 2.05) is 0 Å². The number of halogens is 2. The quantitative estimate of drug-likeness (QED) is 0.760. The highest BCUT2D eigenvalue weighted by Crippen LogP contribution is 2.18. The lowest BCUT2D eigenvalue weighted by atomic mass is 10.2. The largest absolute Gasteiger partial charge is 0.352 e. The smallest absolute Gasteiger partial charge is 0.251 e. The zero-order valence-electron chi connectivity index (χ0n) is 10.0. The highest BCUT2D eigenvalue weighted by atomic mass is 19.2. The van der Waals surface area contributed by atoms with Crippen LogP contribution in [0.4, 0.5) is 8.78 Å². The fraction of sp³-hybridized carbons (Fsp3) is 0.462. The van der Waals surface area contributed by atoms with E-state index in [1.54, 1.807) is 0 Å². The normalized spacial score (nSPS) is 14.6. The monoisotopic (exact) mass is 254 g/mol. The van der Waals surface area contributed by atoms with E-state index in [0.717, 1.165) is 25.1 Å². The lowest BCUT2D eigenvalue weighted by molar-refractivity contribution is 0.0952. The van der Waals surface area contributed by atoms with E-state index in [2.05, 4.69) is 10.6 Å². The van der Waals surface area contributed by atoms with E-state index in [1.165, 1.54) is 18.9 Å². The Morgan fingerprint density at radius 3 is 2.67 bits per heavy atom. The molecule has 0 heterocycles. The third kappa shape index (κ3) is 3.77. The number of hydrogen-bond donors (Lipinski definition) is 2. The van der Waals surface area contributed by atoms with E-state index in [9.17, 15) is 13.6 Å². The molecule has 1 saturated carbocycles. The third-order valence-corrected chi connectivity index (χ3v) is 2.83. The van der Waals surface area contributed by atoms with Gasteiger partial charge >= 0.3 is 0 Å². The van der Waals surface area contributed by atoms with Gasteiger partial charge in [0.05, 0.1) is 0 Å². The molecule has 0 bridgehead atoms. The molecule has 1 aromatic carbocycles. The van der Waals surface area contributed by atoms with Crippen LogP contribution in [0, 0.1) is 11.6 Å². The summed E-state index contributed by atoms with van der Waals surface area (Å²) in [6, 6.07) is 3.80. The van der Waals surface area contributed by atoms with Crippen molar-refractivity contribution in [2.45, 2.75) is 25.3 Å². The summed E-state index contributed by atoms with van der Waals surface area (Å²) >= 11 is 0. The Labute approximate surface area is 105 Å². The van der Waals surface area contributed by atoms with E-state index in [4.69, 9.17) is 0 Å². The minimum absolute atomic E-state index is 0.143. The fourth-order valence-electron chi connectivity index (χ4n) is 1.62. The van der Waals surface area contributed by atoms with Crippen LogP contribution in [0.25, 0.3) is 0 Å². The molecule has 1 amide bonds. The molecule has 0 radical (unpaired) electrons. The molecule has 1 aliphatic rings. The maximum atomic E-state index is 12.9. The SMILES string of the molecule is O=C(NCCCNC1CC1)c1ccc(F)c(F)c1. The Bertz CT molecular complexity index is 433. The number of carbonyl (C=O) groups is 1. The first-order chi connectivity index (χ1) is 8.66. The van der Waals surface area contributed by atoms with Gasteiger partial charge < -0.3 is 10.6 Å². The Balaban J connectivity index is 1.70. The molecular weight excluding hydrogens is 238 g/mol. The molecular formula is C13H16F2N2O. The molecule has 3 nitrogen and oxygen atoms in total. The molecule has 1 aromatic rings. The van der Waals surface area contributed by atoms with E-state index in [0.29, 0.717) is 12.6 Å². The Morgan fingerprint density at radius 1 is 1.22 bits per heavy atom. The van der Waals surface area contributed by atoms with Gasteiger partial charge in [-0.3, -0.25) is 4.79 Å². The summed E-state index contributed by atoms with van der Waals surface area (Å²) in [6.45, 7) is 1.39. The maximum absolute atomic E-state index is 12.9. The first-order valence-corrected chi connectivity index (χ1v) is 6.13. The Kier molecular flexibility index (Phi) is 4.25. The predicted octanol–water partition coefficient (Wildman–Crippen LogP) is 1.84. The summed E-state index contributed by atoms with van der Waals surface area (Å²) in [5.74, 6) is -2.32. The van der Waals surface area contributed by atoms with Gasteiger partial charge in [-0.25, -0.2) is 8.78 Å². The molecule has 0 aromatic heterocycles. The second-order valence-corrected chi connectivity index (χ2v) is 4.47. The molecule has 2 N–H and O–H groups in total. The summed E-state index contributed by atoms with van der Waals surface area (Å²) in [7, 11) is 0. The maximum Gasteiger partial charge on any atom is 0.251 e. The van der Waals surface area contributed by atoms with E-state index in [-0.39, 0.29) is 11.5 Å². The first-order valence-electron chi connectivity index (χ1n) is 6.13. The molecule has 2 rings (SSSR count). The highest BCUT2D eigenvalue weighted by Gasteiger charge is 2.19. The van der Waals surface area contributed by atoms with Crippen LogP contribution in [-0.4, -0.2) is 25.0 Å². The van der Waals surface area contributed by atoms with Crippen molar-refractivity contribution in [2.24, 2.45) is 0 Å². The Hall–Kier alpha value is -1.49. The van der Waals surface area contributed by atoms with Crippen LogP contribution in [0.15, 0.2) is 18.2 Å². The Morgan fingerprint density at radius 2 is 2.00 bits per heavy atom. The van der Waals surface area contributed by atoms with Gasteiger partial charge in [0.1, 0.15) is 0 Å². The minimum Gasteiger partial charge on any atom is -0.352 e. The van der Waals surface area contributed by atoms with Gasteiger partial charge in [0.15, 0.2) is 11.6 Å². The average molecular weight is 254 g/mol. The number of carbonyl (C=O) groups excluding carboxylic acids is 1. The van der Waals surface area contributed by atoms with Gasteiger partial charge in [-0.1, -0.05) is 0 Å². The second kappa shape index (κ2) is 5.91. The van der Waals surface area contributed by atoms with Crippen molar-refractivity contribution in [3.8, 4) is 0 Å². The fourth-order valence-corrected chi connectivity index (χ4v) is 1.62.